The molecule has 2 aromatic heterocycles. The van der Waals surface area contributed by atoms with Crippen LogP contribution < -0.4 is 9.75 Å². The number of anilines is 1. The van der Waals surface area contributed by atoms with E-state index in [0.29, 0.717) is 14.3 Å². The fourth-order valence-corrected chi connectivity index (χ4v) is 4.42. The number of hydrogen-bond acceptors (Lipinski definition) is 6. The van der Waals surface area contributed by atoms with Gasteiger partial charge in [-0.15, -0.1) is 11.3 Å². The number of ether oxygens (including phenoxy) is 1. The van der Waals surface area contributed by atoms with E-state index in [1.807, 2.05) is 48.5 Å². The first-order valence-corrected chi connectivity index (χ1v) is 10.3. The van der Waals surface area contributed by atoms with Crippen molar-refractivity contribution in [2.24, 2.45) is 5.10 Å². The van der Waals surface area contributed by atoms with E-state index < -0.39 is 0 Å². The number of nitrogens with zero attached hydrogens (tertiary/aromatic N) is 3. The van der Waals surface area contributed by atoms with Crippen LogP contribution in [-0.2, 0) is 0 Å². The standard InChI is InChI=1S/C20H14ClN3O2S2/c1-26-14-7-8-15-17(11-14)28-20(23-15)24(19(25)16-9-10-18(21)27-16)22-12-13-5-3-2-4-6-13/h2-12H,1H3/b22-12+. The molecule has 4 aromatic rings. The predicted octanol–water partition coefficient (Wildman–Crippen LogP) is 5.70. The van der Waals surface area contributed by atoms with Gasteiger partial charge in [0, 0.05) is 0 Å². The normalized spacial score (nSPS) is 11.2. The minimum Gasteiger partial charge on any atom is -0.497 e. The van der Waals surface area contributed by atoms with E-state index in [0.717, 1.165) is 21.5 Å². The quantitative estimate of drug-likeness (QED) is 0.303. The Morgan fingerprint density at radius 2 is 1.96 bits per heavy atom. The zero-order chi connectivity index (χ0) is 19.5. The fourth-order valence-electron chi connectivity index (χ4n) is 2.50. The molecule has 0 bridgehead atoms. The Morgan fingerprint density at radius 1 is 1.14 bits per heavy atom. The highest BCUT2D eigenvalue weighted by molar-refractivity contribution is 7.22. The van der Waals surface area contributed by atoms with Crippen molar-refractivity contribution in [1.29, 1.82) is 0 Å². The monoisotopic (exact) mass is 427 g/mol. The van der Waals surface area contributed by atoms with Crippen molar-refractivity contribution in [3.05, 3.63) is 75.4 Å². The number of methoxy groups -OCH3 is 1. The summed E-state index contributed by atoms with van der Waals surface area (Å²) in [4.78, 5) is 18.2. The number of carbonyl (C=O) groups is 1. The van der Waals surface area contributed by atoms with Crippen molar-refractivity contribution in [3.8, 4) is 5.75 Å². The maximum atomic E-state index is 13.1. The molecular weight excluding hydrogens is 414 g/mol. The van der Waals surface area contributed by atoms with E-state index in [2.05, 4.69) is 10.1 Å². The Bertz CT molecular complexity index is 1150. The van der Waals surface area contributed by atoms with Gasteiger partial charge >= 0.3 is 0 Å². The molecule has 0 saturated heterocycles. The highest BCUT2D eigenvalue weighted by Gasteiger charge is 2.22. The second-order valence-corrected chi connectivity index (χ2v) is 8.43. The van der Waals surface area contributed by atoms with Gasteiger partial charge < -0.3 is 4.74 Å². The van der Waals surface area contributed by atoms with Gasteiger partial charge in [0.25, 0.3) is 5.91 Å². The minimum atomic E-state index is -0.282. The molecule has 0 N–H and O–H groups in total. The molecule has 0 spiro atoms. The minimum absolute atomic E-state index is 0.282. The molecule has 2 heterocycles. The molecule has 5 nitrogen and oxygen atoms in total. The number of fused-ring (bicyclic) bond motifs is 1. The topological polar surface area (TPSA) is 54.8 Å². The third-order valence-electron chi connectivity index (χ3n) is 3.86. The maximum absolute atomic E-state index is 13.1. The van der Waals surface area contributed by atoms with Crippen LogP contribution in [0.2, 0.25) is 4.34 Å². The van der Waals surface area contributed by atoms with Crippen LogP contribution in [0.5, 0.6) is 5.75 Å². The summed E-state index contributed by atoms with van der Waals surface area (Å²) in [5.74, 6) is 0.452. The number of thiophene rings is 1. The lowest BCUT2D eigenvalue weighted by Gasteiger charge is -2.12. The van der Waals surface area contributed by atoms with E-state index in [-0.39, 0.29) is 5.91 Å². The molecule has 0 radical (unpaired) electrons. The van der Waals surface area contributed by atoms with Crippen molar-refractivity contribution in [3.63, 3.8) is 0 Å². The molecule has 4 rings (SSSR count). The molecule has 1 amide bonds. The number of hydrazone groups is 1. The highest BCUT2D eigenvalue weighted by Crippen LogP contribution is 2.33. The lowest BCUT2D eigenvalue weighted by atomic mass is 10.2. The van der Waals surface area contributed by atoms with Crippen LogP contribution >= 0.6 is 34.3 Å². The summed E-state index contributed by atoms with van der Waals surface area (Å²) in [5, 5.41) is 6.22. The number of hydrogen-bond donors (Lipinski definition) is 0. The van der Waals surface area contributed by atoms with Crippen LogP contribution in [0.25, 0.3) is 10.2 Å². The van der Waals surface area contributed by atoms with Gasteiger partial charge in [-0.3, -0.25) is 4.79 Å². The second kappa shape index (κ2) is 8.10. The summed E-state index contributed by atoms with van der Waals surface area (Å²) < 4.78 is 6.73. The molecule has 0 unspecified atom stereocenters. The van der Waals surface area contributed by atoms with Crippen molar-refractivity contribution in [2.45, 2.75) is 0 Å². The van der Waals surface area contributed by atoms with Gasteiger partial charge in [-0.1, -0.05) is 53.3 Å². The zero-order valence-corrected chi connectivity index (χ0v) is 17.1. The van der Waals surface area contributed by atoms with Gasteiger partial charge in [0.15, 0.2) is 0 Å². The smallest absolute Gasteiger partial charge is 0.290 e. The van der Waals surface area contributed by atoms with Gasteiger partial charge in [0.1, 0.15) is 5.75 Å². The number of thiazole rings is 1. The SMILES string of the molecule is COc1ccc2nc(N(/N=C/c3ccccc3)C(=O)c3ccc(Cl)s3)sc2c1. The Morgan fingerprint density at radius 3 is 2.68 bits per heavy atom. The molecule has 0 fully saturated rings. The van der Waals surface area contributed by atoms with Crippen molar-refractivity contribution < 1.29 is 9.53 Å². The maximum Gasteiger partial charge on any atom is 0.290 e. The highest BCUT2D eigenvalue weighted by atomic mass is 35.5. The first kappa shape index (κ1) is 18.6. The molecule has 2 aromatic carbocycles. The van der Waals surface area contributed by atoms with Crippen molar-refractivity contribution >= 4 is 61.7 Å². The number of carbonyl (C=O) groups excluding carboxylic acids is 1. The first-order valence-electron chi connectivity index (χ1n) is 8.27. The summed E-state index contributed by atoms with van der Waals surface area (Å²) in [7, 11) is 1.61. The van der Waals surface area contributed by atoms with Gasteiger partial charge in [-0.2, -0.15) is 10.1 Å². The lowest BCUT2D eigenvalue weighted by molar-refractivity contribution is 0.0991. The van der Waals surface area contributed by atoms with Gasteiger partial charge in [0.2, 0.25) is 5.13 Å². The fraction of sp³-hybridized carbons (Fsp3) is 0.0500. The van der Waals surface area contributed by atoms with Crippen LogP contribution in [0.4, 0.5) is 5.13 Å². The summed E-state index contributed by atoms with van der Waals surface area (Å²) >= 11 is 8.59. The largest absolute Gasteiger partial charge is 0.497 e. The molecular formula is C20H14ClN3O2S2. The van der Waals surface area contributed by atoms with Crippen LogP contribution in [0.1, 0.15) is 15.2 Å². The van der Waals surface area contributed by atoms with Gasteiger partial charge in [-0.25, -0.2) is 4.98 Å². The third-order valence-corrected chi connectivity index (χ3v) is 6.08. The zero-order valence-electron chi connectivity index (χ0n) is 14.7. The average Bonchev–Trinajstić information content (AvgIpc) is 3.34. The lowest BCUT2D eigenvalue weighted by Crippen LogP contribution is -2.24. The van der Waals surface area contributed by atoms with E-state index in [1.54, 1.807) is 25.5 Å². The van der Waals surface area contributed by atoms with Crippen molar-refractivity contribution in [1.82, 2.24) is 4.98 Å². The Kier molecular flexibility index (Phi) is 5.38. The van der Waals surface area contributed by atoms with E-state index in [9.17, 15) is 4.79 Å². The second-order valence-electron chi connectivity index (χ2n) is 5.71. The summed E-state index contributed by atoms with van der Waals surface area (Å²) in [5.41, 5.74) is 1.66. The van der Waals surface area contributed by atoms with Gasteiger partial charge in [-0.05, 0) is 35.9 Å². The Balaban J connectivity index is 1.75. The number of halogens is 1. The summed E-state index contributed by atoms with van der Waals surface area (Å²) in [6.45, 7) is 0. The summed E-state index contributed by atoms with van der Waals surface area (Å²) in [6, 6.07) is 18.6. The molecule has 140 valence electrons. The molecule has 0 atom stereocenters. The van der Waals surface area contributed by atoms with Gasteiger partial charge in [0.05, 0.1) is 32.8 Å². The Hall–Kier alpha value is -2.74. The molecule has 0 aliphatic carbocycles. The molecule has 0 aliphatic rings. The summed E-state index contributed by atoms with van der Waals surface area (Å²) in [6.07, 6.45) is 1.64. The van der Waals surface area contributed by atoms with Crippen LogP contribution in [0, 0.1) is 0 Å². The van der Waals surface area contributed by atoms with E-state index in [4.69, 9.17) is 16.3 Å². The average molecular weight is 428 g/mol. The molecule has 8 heteroatoms. The van der Waals surface area contributed by atoms with E-state index in [1.165, 1.54) is 27.7 Å². The number of rotatable bonds is 5. The molecule has 0 saturated carbocycles. The number of aromatic nitrogens is 1. The van der Waals surface area contributed by atoms with Crippen molar-refractivity contribution in [2.75, 3.05) is 12.1 Å². The van der Waals surface area contributed by atoms with Crippen LogP contribution in [0.3, 0.4) is 0 Å². The number of benzene rings is 2. The first-order chi connectivity index (χ1) is 13.6. The molecule has 0 aliphatic heterocycles. The Labute approximate surface area is 174 Å². The number of amides is 1. The van der Waals surface area contributed by atoms with E-state index >= 15 is 0 Å². The van der Waals surface area contributed by atoms with Crippen LogP contribution in [-0.4, -0.2) is 24.2 Å². The third kappa shape index (κ3) is 3.91. The van der Waals surface area contributed by atoms with Crippen LogP contribution in [0.15, 0.2) is 65.8 Å². The molecule has 28 heavy (non-hydrogen) atoms. The predicted molar refractivity (Wildman–Crippen MR) is 116 cm³/mol.